The molecular weight excluding hydrogens is 444 g/mol. The summed E-state index contributed by atoms with van der Waals surface area (Å²) < 4.78 is 5.94. The van der Waals surface area contributed by atoms with Crippen molar-refractivity contribution < 1.29 is 19.1 Å². The Kier molecular flexibility index (Phi) is 6.36. The summed E-state index contributed by atoms with van der Waals surface area (Å²) in [6.45, 7) is -0.107. The molecule has 0 aromatic heterocycles. The van der Waals surface area contributed by atoms with Crippen molar-refractivity contribution in [1.29, 1.82) is 0 Å². The summed E-state index contributed by atoms with van der Waals surface area (Å²) in [5.74, 6) is -1.12. The van der Waals surface area contributed by atoms with Gasteiger partial charge in [0, 0.05) is 10.7 Å². The Morgan fingerprint density at radius 1 is 1.27 bits per heavy atom. The van der Waals surface area contributed by atoms with Crippen molar-refractivity contribution in [1.82, 2.24) is 10.2 Å². The fraction of sp³-hybridized carbons (Fsp3) is 0.227. The smallest absolute Gasteiger partial charge is 0.356 e. The predicted octanol–water partition coefficient (Wildman–Crippen LogP) is 2.20. The summed E-state index contributed by atoms with van der Waals surface area (Å²) in [5.41, 5.74) is 15.2. The Labute approximate surface area is 193 Å². The number of ether oxygens (including phenoxy) is 1. The van der Waals surface area contributed by atoms with Gasteiger partial charge in [0.25, 0.3) is 5.91 Å². The number of nitrogens with two attached hydrogens (primary N) is 1. The van der Waals surface area contributed by atoms with Crippen molar-refractivity contribution in [2.24, 2.45) is 10.8 Å². The second kappa shape index (κ2) is 9.37. The number of fused-ring (bicyclic) bond motifs is 1. The third-order valence-electron chi connectivity index (χ3n) is 5.43. The fourth-order valence-corrected chi connectivity index (χ4v) is 5.22. The number of rotatable bonds is 8. The number of hydrogen-bond donors (Lipinski definition) is 2. The van der Waals surface area contributed by atoms with Gasteiger partial charge in [-0.05, 0) is 22.2 Å². The zero-order valence-electron chi connectivity index (χ0n) is 17.3. The van der Waals surface area contributed by atoms with Gasteiger partial charge in [-0.15, -0.1) is 11.8 Å². The Morgan fingerprint density at radius 3 is 2.42 bits per heavy atom. The molecule has 3 N–H and O–H groups in total. The second-order valence-electron chi connectivity index (χ2n) is 7.42. The third-order valence-corrected chi connectivity index (χ3v) is 6.85. The minimum atomic E-state index is -1.62. The fourth-order valence-electron chi connectivity index (χ4n) is 3.85. The van der Waals surface area contributed by atoms with E-state index in [9.17, 15) is 14.4 Å². The first kappa shape index (κ1) is 22.4. The van der Waals surface area contributed by atoms with Gasteiger partial charge in [0.2, 0.25) is 12.1 Å². The molecular formula is C22H20N6O4S. The van der Waals surface area contributed by atoms with Gasteiger partial charge in [-0.1, -0.05) is 65.8 Å². The monoisotopic (exact) mass is 464 g/mol. The number of carbonyl (C=O) groups excluding carboxylic acids is 3. The lowest BCUT2D eigenvalue weighted by Gasteiger charge is -2.55. The van der Waals surface area contributed by atoms with E-state index in [2.05, 4.69) is 15.3 Å². The lowest BCUT2D eigenvalue weighted by molar-refractivity contribution is -0.160. The Balaban J connectivity index is 1.71. The molecule has 0 aliphatic carbocycles. The van der Waals surface area contributed by atoms with E-state index in [-0.39, 0.29) is 18.0 Å². The first-order valence-corrected chi connectivity index (χ1v) is 11.1. The summed E-state index contributed by atoms with van der Waals surface area (Å²) in [7, 11) is 0. The number of benzene rings is 2. The maximum atomic E-state index is 13.5. The summed E-state index contributed by atoms with van der Waals surface area (Å²) in [4.78, 5) is 41.3. The predicted molar refractivity (Wildman–Crippen MR) is 121 cm³/mol. The lowest BCUT2D eigenvalue weighted by Crippen LogP contribution is -2.83. The van der Waals surface area contributed by atoms with Crippen LogP contribution in [0.1, 0.15) is 17.2 Å². The molecule has 10 nitrogen and oxygen atoms in total. The topological polar surface area (TPSA) is 150 Å². The molecule has 168 valence electrons. The van der Waals surface area contributed by atoms with Gasteiger partial charge in [0.1, 0.15) is 11.1 Å². The van der Waals surface area contributed by atoms with Gasteiger partial charge in [0.15, 0.2) is 6.10 Å². The van der Waals surface area contributed by atoms with E-state index in [1.807, 2.05) is 60.7 Å². The molecule has 2 aliphatic heterocycles. The van der Waals surface area contributed by atoms with Crippen LogP contribution in [0.2, 0.25) is 0 Å². The van der Waals surface area contributed by atoms with Crippen LogP contribution in [0, 0.1) is 0 Å². The molecule has 11 heteroatoms. The van der Waals surface area contributed by atoms with Crippen LogP contribution < -0.4 is 11.1 Å². The number of nitrogens with zero attached hydrogens (tertiary/aromatic N) is 4. The molecule has 2 aromatic carbocycles. The largest absolute Gasteiger partial charge is 0.448 e. The van der Waals surface area contributed by atoms with Crippen molar-refractivity contribution in [2.75, 3.05) is 12.3 Å². The van der Waals surface area contributed by atoms with Crippen molar-refractivity contribution in [3.63, 3.8) is 0 Å². The van der Waals surface area contributed by atoms with Crippen LogP contribution in [-0.4, -0.2) is 46.5 Å². The molecule has 33 heavy (non-hydrogen) atoms. The van der Waals surface area contributed by atoms with E-state index in [4.69, 9.17) is 16.0 Å². The molecule has 2 atom stereocenters. The standard InChI is InChI=1S/C22H20N6O4S/c23-22(25-13-29)20(31)28-17(16(11-26-27-24)12-33-21(22)28)19(30)32-18(14-7-3-1-4-8-14)15-9-5-2-6-10-15/h1-10,13,18,21H,11-12,23H2,(H,25,29)/t21-,22+/m1/s1. The molecule has 2 heterocycles. The van der Waals surface area contributed by atoms with Gasteiger partial charge in [-0.2, -0.15) is 0 Å². The van der Waals surface area contributed by atoms with Gasteiger partial charge in [-0.25, -0.2) is 4.79 Å². The number of thioether (sulfide) groups is 1. The highest BCUT2D eigenvalue weighted by Gasteiger charge is 2.63. The average Bonchev–Trinajstić information content (AvgIpc) is 2.86. The van der Waals surface area contributed by atoms with E-state index >= 15 is 0 Å². The average molecular weight is 465 g/mol. The zero-order valence-corrected chi connectivity index (χ0v) is 18.1. The quantitative estimate of drug-likeness (QED) is 0.116. The molecule has 2 aliphatic rings. The number of β-lactam (4-membered cyclic amide) rings is 1. The molecule has 0 unspecified atom stereocenters. The molecule has 0 radical (unpaired) electrons. The molecule has 1 fully saturated rings. The molecule has 0 spiro atoms. The van der Waals surface area contributed by atoms with Crippen LogP contribution in [-0.2, 0) is 19.1 Å². The van der Waals surface area contributed by atoms with Gasteiger partial charge >= 0.3 is 5.97 Å². The van der Waals surface area contributed by atoms with Crippen LogP contribution in [0.4, 0.5) is 0 Å². The summed E-state index contributed by atoms with van der Waals surface area (Å²) in [6, 6.07) is 18.4. The first-order valence-electron chi connectivity index (χ1n) is 10.0. The summed E-state index contributed by atoms with van der Waals surface area (Å²) in [6.07, 6.45) is -0.373. The number of amides is 2. The highest BCUT2D eigenvalue weighted by atomic mass is 32.2. The van der Waals surface area contributed by atoms with Crippen LogP contribution in [0.3, 0.4) is 0 Å². The Hall–Kier alpha value is -3.79. The van der Waals surface area contributed by atoms with Crippen LogP contribution in [0.5, 0.6) is 0 Å². The summed E-state index contributed by atoms with van der Waals surface area (Å²) >= 11 is 1.26. The van der Waals surface area contributed by atoms with Crippen molar-refractivity contribution >= 4 is 30.0 Å². The first-order chi connectivity index (χ1) is 16.0. The number of azide groups is 1. The molecule has 0 saturated carbocycles. The molecule has 2 amide bonds. The van der Waals surface area contributed by atoms with Crippen LogP contribution in [0.25, 0.3) is 10.4 Å². The Bertz CT molecular complexity index is 1110. The van der Waals surface area contributed by atoms with E-state index in [1.165, 1.54) is 16.7 Å². The second-order valence-corrected chi connectivity index (χ2v) is 8.49. The number of carbonyl (C=O) groups is 3. The SMILES string of the molecule is [N-]=[N+]=NCC1=C(C(=O)OC(c2ccccc2)c2ccccc2)N2C(=O)[C@](N)(NC=O)[C@H]2SC1. The number of hydrogen-bond acceptors (Lipinski definition) is 7. The molecule has 4 rings (SSSR count). The van der Waals surface area contributed by atoms with Crippen molar-refractivity contribution in [3.8, 4) is 0 Å². The van der Waals surface area contributed by atoms with E-state index in [0.29, 0.717) is 12.0 Å². The van der Waals surface area contributed by atoms with E-state index in [1.54, 1.807) is 0 Å². The minimum absolute atomic E-state index is 0.0122. The van der Waals surface area contributed by atoms with Gasteiger partial charge in [0.05, 0.1) is 6.54 Å². The minimum Gasteiger partial charge on any atom is -0.448 e. The maximum Gasteiger partial charge on any atom is 0.356 e. The highest BCUT2D eigenvalue weighted by Crippen LogP contribution is 2.44. The molecule has 2 aromatic rings. The van der Waals surface area contributed by atoms with Crippen molar-refractivity contribution in [2.45, 2.75) is 17.1 Å². The Morgan fingerprint density at radius 2 is 1.88 bits per heavy atom. The van der Waals surface area contributed by atoms with Crippen LogP contribution >= 0.6 is 11.8 Å². The normalized spacial score (nSPS) is 21.6. The van der Waals surface area contributed by atoms with Gasteiger partial charge in [-0.3, -0.25) is 20.2 Å². The van der Waals surface area contributed by atoms with Gasteiger partial charge < -0.3 is 10.1 Å². The molecule has 1 saturated heterocycles. The third kappa shape index (κ3) is 4.05. The number of esters is 1. The lowest BCUT2D eigenvalue weighted by atomic mass is 9.96. The summed E-state index contributed by atoms with van der Waals surface area (Å²) in [5, 5.41) is 5.22. The van der Waals surface area contributed by atoms with Crippen molar-refractivity contribution in [3.05, 3.63) is 93.5 Å². The zero-order chi connectivity index (χ0) is 23.4. The maximum absolute atomic E-state index is 13.5. The van der Waals surface area contributed by atoms with Crippen LogP contribution in [0.15, 0.2) is 77.0 Å². The number of nitrogens with one attached hydrogen (secondary N) is 1. The highest BCUT2D eigenvalue weighted by molar-refractivity contribution is 8.00. The molecule has 0 bridgehead atoms. The van der Waals surface area contributed by atoms with E-state index in [0.717, 1.165) is 11.1 Å². The van der Waals surface area contributed by atoms with E-state index < -0.39 is 29.0 Å².